The van der Waals surface area contributed by atoms with E-state index in [1.807, 2.05) is 69.3 Å². The lowest BCUT2D eigenvalue weighted by atomic mass is 9.86. The van der Waals surface area contributed by atoms with Gasteiger partial charge in [0.05, 0.1) is 44.7 Å². The number of nitrogens with zero attached hydrogens (tertiary/aromatic N) is 4. The van der Waals surface area contributed by atoms with Gasteiger partial charge in [0.2, 0.25) is 27.8 Å². The molecule has 8 rings (SSSR count). The number of amides is 2. The Labute approximate surface area is 385 Å². The van der Waals surface area contributed by atoms with Gasteiger partial charge in [0.25, 0.3) is 0 Å². The summed E-state index contributed by atoms with van der Waals surface area (Å²) in [6.45, 7) is 10.9. The van der Waals surface area contributed by atoms with Crippen LogP contribution in [-0.4, -0.2) is 77.7 Å². The minimum absolute atomic E-state index is 0.106. The first-order valence-corrected chi connectivity index (χ1v) is 25.2. The van der Waals surface area contributed by atoms with Gasteiger partial charge in [-0.25, -0.2) is 27.8 Å². The van der Waals surface area contributed by atoms with E-state index in [1.54, 1.807) is 31.3 Å². The second kappa shape index (κ2) is 20.0. The zero-order valence-electron chi connectivity index (χ0n) is 37.4. The van der Waals surface area contributed by atoms with Gasteiger partial charge >= 0.3 is 0 Å². The molecule has 1 atom stereocenters. The summed E-state index contributed by atoms with van der Waals surface area (Å²) in [5.74, 6) is 1.05. The number of ether oxygens (including phenoxy) is 2. The molecule has 0 unspecified atom stereocenters. The molecule has 344 valence electrons. The van der Waals surface area contributed by atoms with E-state index in [4.69, 9.17) is 19.4 Å². The van der Waals surface area contributed by atoms with Gasteiger partial charge < -0.3 is 19.7 Å². The molecule has 0 spiro atoms. The van der Waals surface area contributed by atoms with Crippen LogP contribution in [0.3, 0.4) is 0 Å². The normalized spacial score (nSPS) is 20.0. The van der Waals surface area contributed by atoms with E-state index in [0.717, 1.165) is 85.9 Å². The van der Waals surface area contributed by atoms with Crippen LogP contribution in [0.25, 0.3) is 21.8 Å². The number of carbonyl (C=O) groups excluding carboxylic acids is 2. The van der Waals surface area contributed by atoms with E-state index in [0.29, 0.717) is 47.4 Å². The van der Waals surface area contributed by atoms with E-state index >= 15 is 4.39 Å². The predicted molar refractivity (Wildman–Crippen MR) is 253 cm³/mol. The average molecular weight is 924 g/mol. The summed E-state index contributed by atoms with van der Waals surface area (Å²) in [5.41, 5.74) is 2.33. The number of piperidine rings is 2. The molecule has 0 radical (unpaired) electrons. The lowest BCUT2D eigenvalue weighted by molar-refractivity contribution is -0.134. The van der Waals surface area contributed by atoms with Crippen molar-refractivity contribution < 1.29 is 31.9 Å². The number of aromatic nitrogens is 3. The molecule has 3 aliphatic rings. The van der Waals surface area contributed by atoms with Crippen molar-refractivity contribution in [2.75, 3.05) is 35.4 Å². The quantitative estimate of drug-likeness (QED) is 0.0857. The Morgan fingerprint density at radius 3 is 2.32 bits per heavy atom. The summed E-state index contributed by atoms with van der Waals surface area (Å²) in [5, 5.41) is 6.55. The van der Waals surface area contributed by atoms with Crippen molar-refractivity contribution in [1.29, 1.82) is 0 Å². The maximum atomic E-state index is 16.1. The molecule has 1 aliphatic carbocycles. The standard InChI is InChI=1S/C49H58FN7O6S2/c1-5-28-65(60,61)56-40-11-7-10-39(43(40)50)44-45(64-47(55-44)49(2,3)4)41-22-25-51-48(53-41)52-33-8-6-9-37(29-33)63-36-23-26-57(27-24-36)30-31-12-16-34(17-13-31)62-35-18-14-32(15-19-35)38-20-21-42(58)54-46(38)59/h6-11,14-15,18-19,22,25,29,31,34,36,38,56H,5,12-13,16-17,20-21,23-24,26-28,30H2,1-4H3,(H,51,52,53)(H,54,58,59)/t31?,34?,38-/m0/s1. The Kier molecular flexibility index (Phi) is 14.2. The average Bonchev–Trinajstić information content (AvgIpc) is 3.73. The first-order valence-electron chi connectivity index (χ1n) is 22.7. The number of anilines is 3. The molecule has 2 aliphatic heterocycles. The van der Waals surface area contributed by atoms with Crippen LogP contribution in [0.5, 0.6) is 11.5 Å². The highest BCUT2D eigenvalue weighted by Gasteiger charge is 2.30. The summed E-state index contributed by atoms with van der Waals surface area (Å²) < 4.78 is 56.5. The van der Waals surface area contributed by atoms with Crippen LogP contribution in [0.2, 0.25) is 0 Å². The molecule has 2 aromatic heterocycles. The smallest absolute Gasteiger partial charge is 0.234 e. The van der Waals surface area contributed by atoms with E-state index in [9.17, 15) is 18.0 Å². The first kappa shape index (κ1) is 46.1. The molecular weight excluding hydrogens is 866 g/mol. The lowest BCUT2D eigenvalue weighted by Crippen LogP contribution is -2.41. The van der Waals surface area contributed by atoms with Crippen LogP contribution in [0.15, 0.2) is 79.0 Å². The Morgan fingerprint density at radius 2 is 1.60 bits per heavy atom. The van der Waals surface area contributed by atoms with Crippen molar-refractivity contribution in [2.24, 2.45) is 5.92 Å². The van der Waals surface area contributed by atoms with E-state index in [2.05, 4.69) is 25.2 Å². The summed E-state index contributed by atoms with van der Waals surface area (Å²) in [7, 11) is -3.72. The van der Waals surface area contributed by atoms with Gasteiger partial charge in [0.1, 0.15) is 17.6 Å². The molecule has 3 fully saturated rings. The highest BCUT2D eigenvalue weighted by atomic mass is 32.2. The van der Waals surface area contributed by atoms with Gasteiger partial charge in [-0.3, -0.25) is 19.6 Å². The van der Waals surface area contributed by atoms with Crippen LogP contribution in [0, 0.1) is 11.7 Å². The van der Waals surface area contributed by atoms with Crippen molar-refractivity contribution in [1.82, 2.24) is 25.2 Å². The van der Waals surface area contributed by atoms with Gasteiger partial charge in [0.15, 0.2) is 5.82 Å². The third kappa shape index (κ3) is 11.7. The van der Waals surface area contributed by atoms with Gasteiger partial charge in [-0.15, -0.1) is 11.3 Å². The SMILES string of the molecule is CCCS(=O)(=O)Nc1cccc(-c2nc(C(C)(C)C)sc2-c2ccnc(Nc3cccc(OC4CCN(CC5CCC(Oc6ccc([C@@H]7CCC(=O)NC7=O)cc6)CC5)CC4)c3)n2)c1F. The summed E-state index contributed by atoms with van der Waals surface area (Å²) in [4.78, 5) is 41.2. The minimum atomic E-state index is -3.72. The second-order valence-corrected chi connectivity index (χ2v) is 21.2. The minimum Gasteiger partial charge on any atom is -0.490 e. The zero-order valence-corrected chi connectivity index (χ0v) is 39.1. The fourth-order valence-corrected chi connectivity index (χ4v) is 11.0. The molecule has 13 nitrogen and oxygen atoms in total. The van der Waals surface area contributed by atoms with Crippen LogP contribution in [0.1, 0.15) is 102 Å². The first-order chi connectivity index (χ1) is 31.2. The van der Waals surface area contributed by atoms with Crippen molar-refractivity contribution >= 4 is 50.5 Å². The Bertz CT molecular complexity index is 2580. The number of sulfonamides is 1. The molecule has 2 saturated heterocycles. The van der Waals surface area contributed by atoms with Crippen LogP contribution >= 0.6 is 11.3 Å². The largest absolute Gasteiger partial charge is 0.490 e. The summed E-state index contributed by atoms with van der Waals surface area (Å²) in [6, 6.07) is 22.0. The summed E-state index contributed by atoms with van der Waals surface area (Å²) in [6.07, 6.45) is 9.43. The third-order valence-corrected chi connectivity index (χ3v) is 15.2. The van der Waals surface area contributed by atoms with Gasteiger partial charge in [-0.2, -0.15) is 0 Å². The highest BCUT2D eigenvalue weighted by molar-refractivity contribution is 7.92. The Hall–Kier alpha value is -5.45. The topological polar surface area (TPSA) is 165 Å². The van der Waals surface area contributed by atoms with Gasteiger partial charge in [0, 0.05) is 55.0 Å². The number of rotatable bonds is 15. The Balaban J connectivity index is 0.835. The highest BCUT2D eigenvalue weighted by Crippen LogP contribution is 2.42. The molecule has 0 bridgehead atoms. The van der Waals surface area contributed by atoms with Crippen molar-refractivity contribution in [3.05, 3.63) is 95.4 Å². The van der Waals surface area contributed by atoms with Crippen molar-refractivity contribution in [3.63, 3.8) is 0 Å². The van der Waals surface area contributed by atoms with Crippen molar-refractivity contribution in [2.45, 2.75) is 109 Å². The molecule has 65 heavy (non-hydrogen) atoms. The van der Waals surface area contributed by atoms with Gasteiger partial charge in [-0.05, 0) is 105 Å². The maximum absolute atomic E-state index is 16.1. The van der Waals surface area contributed by atoms with Gasteiger partial charge in [-0.1, -0.05) is 52.0 Å². The number of thiazole rings is 1. The number of imide groups is 1. The number of carbonyl (C=O) groups is 2. The Morgan fingerprint density at radius 1 is 0.877 bits per heavy atom. The van der Waals surface area contributed by atoms with E-state index in [-0.39, 0.29) is 52.4 Å². The molecule has 16 heteroatoms. The number of benzene rings is 3. The molecule has 1 saturated carbocycles. The van der Waals surface area contributed by atoms with Crippen molar-refractivity contribution in [3.8, 4) is 33.3 Å². The molecule has 4 heterocycles. The predicted octanol–water partition coefficient (Wildman–Crippen LogP) is 9.60. The molecule has 3 N–H and O–H groups in total. The van der Waals surface area contributed by atoms with Crippen LogP contribution in [-0.2, 0) is 25.0 Å². The fraction of sp³-hybridized carbons (Fsp3) is 0.449. The third-order valence-electron chi connectivity index (χ3n) is 12.2. The van der Waals surface area contributed by atoms with Crippen LogP contribution in [0.4, 0.5) is 21.7 Å². The second-order valence-electron chi connectivity index (χ2n) is 18.4. The molecular formula is C49H58FN7O6S2. The van der Waals surface area contributed by atoms with Crippen LogP contribution < -0.4 is 24.8 Å². The number of hydrogen-bond acceptors (Lipinski definition) is 12. The lowest BCUT2D eigenvalue weighted by Gasteiger charge is -2.36. The number of likely N-dealkylation sites (tertiary alicyclic amines) is 1. The fourth-order valence-electron chi connectivity index (χ4n) is 8.78. The summed E-state index contributed by atoms with van der Waals surface area (Å²) >= 11 is 1.42. The molecule has 2 amide bonds. The zero-order chi connectivity index (χ0) is 45.7. The molecule has 3 aromatic carbocycles. The number of hydrogen-bond donors (Lipinski definition) is 3. The molecule has 5 aromatic rings. The number of nitrogens with one attached hydrogen (secondary N) is 3. The monoisotopic (exact) mass is 923 g/mol. The number of halogens is 1. The van der Waals surface area contributed by atoms with E-state index < -0.39 is 15.8 Å². The van der Waals surface area contributed by atoms with E-state index in [1.165, 1.54) is 17.4 Å². The maximum Gasteiger partial charge on any atom is 0.234 e.